The van der Waals surface area contributed by atoms with Crippen molar-refractivity contribution in [3.63, 3.8) is 0 Å². The monoisotopic (exact) mass is 166 g/mol. The van der Waals surface area contributed by atoms with Crippen LogP contribution in [-0.2, 0) is 14.7 Å². The van der Waals surface area contributed by atoms with E-state index in [4.69, 9.17) is 0 Å². The molecular formula is C5H7FO3S. The number of halogens is 1. The van der Waals surface area contributed by atoms with Crippen molar-refractivity contribution in [2.75, 3.05) is 0 Å². The SMILES string of the molecule is C=CCC(=C)OS(=O)(=O)F. The molecule has 0 saturated heterocycles. The van der Waals surface area contributed by atoms with E-state index in [1.54, 1.807) is 0 Å². The number of hydrogen-bond acceptors (Lipinski definition) is 3. The van der Waals surface area contributed by atoms with Crippen LogP contribution in [0, 0.1) is 0 Å². The van der Waals surface area contributed by atoms with Gasteiger partial charge in [0.2, 0.25) is 0 Å². The lowest BCUT2D eigenvalue weighted by molar-refractivity contribution is 0.367. The van der Waals surface area contributed by atoms with Crippen LogP contribution in [0.5, 0.6) is 0 Å². The molecule has 0 radical (unpaired) electrons. The average molecular weight is 166 g/mol. The van der Waals surface area contributed by atoms with Crippen LogP contribution >= 0.6 is 0 Å². The minimum absolute atomic E-state index is 0.114. The zero-order valence-electron chi connectivity index (χ0n) is 5.21. The molecule has 0 aromatic carbocycles. The average Bonchev–Trinajstić information content (AvgIpc) is 1.59. The minimum Gasteiger partial charge on any atom is -0.363 e. The molecule has 0 rings (SSSR count). The summed E-state index contributed by atoms with van der Waals surface area (Å²) in [6.07, 6.45) is 1.47. The molecule has 0 unspecified atom stereocenters. The maximum atomic E-state index is 11.6. The highest BCUT2D eigenvalue weighted by Gasteiger charge is 2.08. The van der Waals surface area contributed by atoms with Gasteiger partial charge in [-0.2, -0.15) is 8.42 Å². The van der Waals surface area contributed by atoms with E-state index in [1.807, 2.05) is 0 Å². The van der Waals surface area contributed by atoms with E-state index in [9.17, 15) is 12.3 Å². The van der Waals surface area contributed by atoms with E-state index in [2.05, 4.69) is 17.3 Å². The second-order valence-corrected chi connectivity index (χ2v) is 2.46. The Bertz CT molecular complexity index is 229. The normalized spacial score (nSPS) is 10.5. The molecule has 0 N–H and O–H groups in total. The highest BCUT2D eigenvalue weighted by atomic mass is 32.3. The fraction of sp³-hybridized carbons (Fsp3) is 0.200. The van der Waals surface area contributed by atoms with Gasteiger partial charge in [0.1, 0.15) is 5.76 Å². The van der Waals surface area contributed by atoms with Crippen molar-refractivity contribution in [2.45, 2.75) is 6.42 Å². The Morgan fingerprint density at radius 3 is 2.50 bits per heavy atom. The van der Waals surface area contributed by atoms with Crippen molar-refractivity contribution in [2.24, 2.45) is 0 Å². The molecule has 5 heteroatoms. The maximum Gasteiger partial charge on any atom is 0.488 e. The predicted molar refractivity (Wildman–Crippen MR) is 35.1 cm³/mol. The molecule has 0 amide bonds. The van der Waals surface area contributed by atoms with Gasteiger partial charge in [0.05, 0.1) is 0 Å². The molecule has 10 heavy (non-hydrogen) atoms. The molecule has 0 bridgehead atoms. The van der Waals surface area contributed by atoms with Crippen LogP contribution in [0.25, 0.3) is 0 Å². The maximum absolute atomic E-state index is 11.6. The van der Waals surface area contributed by atoms with Crippen molar-refractivity contribution in [1.82, 2.24) is 0 Å². The van der Waals surface area contributed by atoms with Gasteiger partial charge >= 0.3 is 10.5 Å². The fourth-order valence-corrected chi connectivity index (χ4v) is 0.685. The van der Waals surface area contributed by atoms with Crippen LogP contribution in [0.15, 0.2) is 25.0 Å². The quantitative estimate of drug-likeness (QED) is 0.359. The Morgan fingerprint density at radius 2 is 2.20 bits per heavy atom. The van der Waals surface area contributed by atoms with Gasteiger partial charge < -0.3 is 4.18 Å². The Labute approximate surface area is 59.2 Å². The molecule has 0 aliphatic carbocycles. The Kier molecular flexibility index (Phi) is 3.08. The molecule has 0 aliphatic rings. The van der Waals surface area contributed by atoms with E-state index in [0.717, 1.165) is 0 Å². The van der Waals surface area contributed by atoms with Gasteiger partial charge in [0.15, 0.2) is 0 Å². The molecule has 0 heterocycles. The third-order valence-corrected chi connectivity index (χ3v) is 1.02. The second kappa shape index (κ2) is 3.36. The molecular weight excluding hydrogens is 159 g/mol. The van der Waals surface area contributed by atoms with Crippen LogP contribution in [0.3, 0.4) is 0 Å². The molecule has 0 fully saturated rings. The lowest BCUT2D eigenvalue weighted by Gasteiger charge is -1.98. The molecule has 3 nitrogen and oxygen atoms in total. The number of rotatable bonds is 4. The van der Waals surface area contributed by atoms with Crippen LogP contribution in [-0.4, -0.2) is 8.42 Å². The largest absolute Gasteiger partial charge is 0.488 e. The van der Waals surface area contributed by atoms with Gasteiger partial charge in [-0.05, 0) is 0 Å². The van der Waals surface area contributed by atoms with Gasteiger partial charge in [0, 0.05) is 6.42 Å². The third-order valence-electron chi connectivity index (χ3n) is 0.589. The lowest BCUT2D eigenvalue weighted by atomic mass is 10.4. The van der Waals surface area contributed by atoms with E-state index in [0.29, 0.717) is 0 Å². The van der Waals surface area contributed by atoms with Crippen LogP contribution in [0.1, 0.15) is 6.42 Å². The first kappa shape index (κ1) is 9.16. The highest BCUT2D eigenvalue weighted by Crippen LogP contribution is 2.06. The molecule has 0 aromatic heterocycles. The van der Waals surface area contributed by atoms with Crippen molar-refractivity contribution in [3.8, 4) is 0 Å². The number of hydrogen-bond donors (Lipinski definition) is 0. The molecule has 58 valence electrons. The first-order valence-corrected chi connectivity index (χ1v) is 3.69. The topological polar surface area (TPSA) is 43.4 Å². The second-order valence-electron chi connectivity index (χ2n) is 1.51. The Morgan fingerprint density at radius 1 is 1.70 bits per heavy atom. The van der Waals surface area contributed by atoms with Crippen LogP contribution < -0.4 is 0 Å². The van der Waals surface area contributed by atoms with Gasteiger partial charge in [0.25, 0.3) is 0 Å². The van der Waals surface area contributed by atoms with Crippen molar-refractivity contribution in [3.05, 3.63) is 25.0 Å². The lowest BCUT2D eigenvalue weighted by Crippen LogP contribution is -1.96. The first-order valence-electron chi connectivity index (χ1n) is 2.38. The van der Waals surface area contributed by atoms with Crippen molar-refractivity contribution >= 4 is 10.5 Å². The van der Waals surface area contributed by atoms with E-state index in [-0.39, 0.29) is 12.2 Å². The Hall–Kier alpha value is -0.840. The molecule has 0 saturated carbocycles. The summed E-state index contributed by atoms with van der Waals surface area (Å²) in [5.41, 5.74) is 0. The zero-order chi connectivity index (χ0) is 8.20. The van der Waals surface area contributed by atoms with Gasteiger partial charge in [-0.15, -0.1) is 6.58 Å². The summed E-state index contributed by atoms with van der Waals surface area (Å²) >= 11 is 0. The minimum atomic E-state index is -4.89. The molecule has 0 atom stereocenters. The predicted octanol–water partition coefficient (Wildman–Crippen LogP) is 1.31. The smallest absolute Gasteiger partial charge is 0.363 e. The molecule has 0 aromatic rings. The summed E-state index contributed by atoms with van der Waals surface area (Å²) in [4.78, 5) is 0. The van der Waals surface area contributed by atoms with Crippen molar-refractivity contribution in [1.29, 1.82) is 0 Å². The zero-order valence-corrected chi connectivity index (χ0v) is 6.03. The summed E-state index contributed by atoms with van der Waals surface area (Å²) in [6, 6.07) is 0. The van der Waals surface area contributed by atoms with Crippen molar-refractivity contribution < 1.29 is 16.5 Å². The van der Waals surface area contributed by atoms with Crippen LogP contribution in [0.2, 0.25) is 0 Å². The molecule has 0 spiro atoms. The summed E-state index contributed by atoms with van der Waals surface area (Å²) in [5.74, 6) is -0.183. The van der Waals surface area contributed by atoms with E-state index >= 15 is 0 Å². The third kappa shape index (κ3) is 5.30. The summed E-state index contributed by atoms with van der Waals surface area (Å²) in [5, 5.41) is 0. The van der Waals surface area contributed by atoms with E-state index in [1.165, 1.54) is 6.08 Å². The Balaban J connectivity index is 3.93. The van der Waals surface area contributed by atoms with Crippen LogP contribution in [0.4, 0.5) is 3.89 Å². The van der Waals surface area contributed by atoms with Gasteiger partial charge in [-0.25, -0.2) is 0 Å². The molecule has 0 aliphatic heterocycles. The van der Waals surface area contributed by atoms with Gasteiger partial charge in [-0.1, -0.05) is 16.5 Å². The fourth-order valence-electron chi connectivity index (χ4n) is 0.336. The standard InChI is InChI=1S/C5H7FO3S/c1-3-4-5(2)9-10(6,7)8/h3H,1-2,4H2. The number of allylic oxidation sites excluding steroid dienone is 1. The summed E-state index contributed by atoms with van der Waals surface area (Å²) < 4.78 is 34.8. The summed E-state index contributed by atoms with van der Waals surface area (Å²) in [6.45, 7) is 6.39. The first-order chi connectivity index (χ1) is 4.45. The summed E-state index contributed by atoms with van der Waals surface area (Å²) in [7, 11) is -4.89. The van der Waals surface area contributed by atoms with E-state index < -0.39 is 10.5 Å². The van der Waals surface area contributed by atoms with Gasteiger partial charge in [-0.3, -0.25) is 0 Å². The highest BCUT2D eigenvalue weighted by molar-refractivity contribution is 7.81.